The lowest BCUT2D eigenvalue weighted by Crippen LogP contribution is -2.36. The Balaban J connectivity index is 2.95. The van der Waals surface area contributed by atoms with Gasteiger partial charge in [-0.25, -0.2) is 13.6 Å². The fourth-order valence-electron chi connectivity index (χ4n) is 1.75. The molecule has 1 aromatic carbocycles. The summed E-state index contributed by atoms with van der Waals surface area (Å²) in [5.41, 5.74) is 6.93. The number of anilines is 1. The fourth-order valence-corrected chi connectivity index (χ4v) is 2.29. The molecule has 6 nitrogen and oxygen atoms in total. The van der Waals surface area contributed by atoms with E-state index in [0.717, 1.165) is 5.56 Å². The van der Waals surface area contributed by atoms with E-state index in [1.54, 1.807) is 13.0 Å². The Hall–Kier alpha value is -1.44. The van der Waals surface area contributed by atoms with E-state index in [-0.39, 0.29) is 10.8 Å². The lowest BCUT2D eigenvalue weighted by Gasteiger charge is -2.15. The van der Waals surface area contributed by atoms with Gasteiger partial charge in [0, 0.05) is 5.69 Å². The van der Waals surface area contributed by atoms with Gasteiger partial charge in [-0.15, -0.1) is 0 Å². The highest BCUT2D eigenvalue weighted by atomic mass is 32.2. The highest BCUT2D eigenvalue weighted by molar-refractivity contribution is 7.89. The molecule has 5 N–H and O–H groups in total. The number of primary sulfonamides is 1. The number of amides is 1. The summed E-state index contributed by atoms with van der Waals surface area (Å²) >= 11 is 0. The predicted octanol–water partition coefficient (Wildman–Crippen LogP) is 0.954. The first-order valence-corrected chi connectivity index (χ1v) is 7.85. The average molecular weight is 299 g/mol. The van der Waals surface area contributed by atoms with Crippen LogP contribution in [0.4, 0.5) is 5.69 Å². The molecule has 7 heteroatoms. The summed E-state index contributed by atoms with van der Waals surface area (Å²) in [6, 6.07) is 3.69. The predicted molar refractivity (Wildman–Crippen MR) is 78.6 cm³/mol. The number of rotatable bonds is 5. The Labute approximate surface area is 119 Å². The molecule has 0 bridgehead atoms. The molecular formula is C13H21N3O3S. The summed E-state index contributed by atoms with van der Waals surface area (Å²) in [6.45, 7) is 5.70. The van der Waals surface area contributed by atoms with Crippen molar-refractivity contribution < 1.29 is 13.2 Å². The highest BCUT2D eigenvalue weighted by Crippen LogP contribution is 2.20. The van der Waals surface area contributed by atoms with Crippen LogP contribution in [0.5, 0.6) is 0 Å². The summed E-state index contributed by atoms with van der Waals surface area (Å²) in [4.78, 5) is 11.9. The number of hydrogen-bond acceptors (Lipinski definition) is 4. The molecule has 112 valence electrons. The first-order valence-electron chi connectivity index (χ1n) is 6.31. The largest absolute Gasteiger partial charge is 0.324 e. The van der Waals surface area contributed by atoms with Crippen LogP contribution < -0.4 is 16.2 Å². The maximum Gasteiger partial charge on any atom is 0.241 e. The van der Waals surface area contributed by atoms with Crippen molar-refractivity contribution in [2.24, 2.45) is 16.8 Å². The fraction of sp³-hybridized carbons (Fsp3) is 0.462. The van der Waals surface area contributed by atoms with Crippen molar-refractivity contribution in [1.82, 2.24) is 0 Å². The van der Waals surface area contributed by atoms with Crippen molar-refractivity contribution in [2.75, 3.05) is 5.32 Å². The number of hydrogen-bond donors (Lipinski definition) is 3. The van der Waals surface area contributed by atoms with Gasteiger partial charge in [0.05, 0.1) is 10.9 Å². The Morgan fingerprint density at radius 2 is 1.95 bits per heavy atom. The van der Waals surface area contributed by atoms with Crippen LogP contribution in [0.15, 0.2) is 23.1 Å². The third kappa shape index (κ3) is 4.59. The monoisotopic (exact) mass is 299 g/mol. The summed E-state index contributed by atoms with van der Waals surface area (Å²) < 4.78 is 22.6. The summed E-state index contributed by atoms with van der Waals surface area (Å²) in [5, 5.41) is 7.71. The van der Waals surface area contributed by atoms with E-state index in [1.165, 1.54) is 12.1 Å². The molecule has 1 atom stereocenters. The van der Waals surface area contributed by atoms with Gasteiger partial charge in [0.15, 0.2) is 0 Å². The van der Waals surface area contributed by atoms with Crippen LogP contribution in [0.25, 0.3) is 0 Å². The van der Waals surface area contributed by atoms with Gasteiger partial charge in [0.1, 0.15) is 0 Å². The second kappa shape index (κ2) is 6.34. The van der Waals surface area contributed by atoms with Crippen LogP contribution in [-0.2, 0) is 14.8 Å². The molecule has 0 aliphatic carbocycles. The van der Waals surface area contributed by atoms with Gasteiger partial charge in [-0.3, -0.25) is 4.79 Å². The maximum atomic E-state index is 11.9. The number of carbonyl (C=O) groups is 1. The minimum Gasteiger partial charge on any atom is -0.324 e. The number of nitrogens with two attached hydrogens (primary N) is 2. The molecule has 0 heterocycles. The molecule has 1 rings (SSSR count). The SMILES string of the molecule is Cc1ccc(S(N)(=O)=O)cc1NC(=O)[C@@H](N)CC(C)C. The van der Waals surface area contributed by atoms with Crippen molar-refractivity contribution in [3.63, 3.8) is 0 Å². The third-order valence-electron chi connectivity index (χ3n) is 2.86. The Kier molecular flexibility index (Phi) is 5.27. The highest BCUT2D eigenvalue weighted by Gasteiger charge is 2.17. The van der Waals surface area contributed by atoms with Gasteiger partial charge < -0.3 is 11.1 Å². The third-order valence-corrected chi connectivity index (χ3v) is 3.77. The molecule has 1 amide bonds. The maximum absolute atomic E-state index is 11.9. The zero-order valence-electron chi connectivity index (χ0n) is 11.9. The molecule has 0 saturated carbocycles. The number of sulfonamides is 1. The quantitative estimate of drug-likeness (QED) is 0.750. The summed E-state index contributed by atoms with van der Waals surface area (Å²) in [5.74, 6) is -0.0408. The second-order valence-electron chi connectivity index (χ2n) is 5.25. The zero-order valence-corrected chi connectivity index (χ0v) is 12.7. The number of carbonyl (C=O) groups excluding carboxylic acids is 1. The van der Waals surface area contributed by atoms with E-state index >= 15 is 0 Å². The van der Waals surface area contributed by atoms with Crippen LogP contribution >= 0.6 is 0 Å². The Morgan fingerprint density at radius 3 is 2.45 bits per heavy atom. The zero-order chi connectivity index (χ0) is 15.5. The molecule has 0 aliphatic rings. The van der Waals surface area contributed by atoms with Crippen molar-refractivity contribution in [2.45, 2.75) is 38.1 Å². The molecule has 0 fully saturated rings. The first-order chi connectivity index (χ1) is 9.11. The van der Waals surface area contributed by atoms with Gasteiger partial charge in [0.25, 0.3) is 0 Å². The lowest BCUT2D eigenvalue weighted by molar-refractivity contribution is -0.117. The summed E-state index contributed by atoms with van der Waals surface area (Å²) in [6.07, 6.45) is 0.555. The van der Waals surface area contributed by atoms with Crippen LogP contribution in [0.3, 0.4) is 0 Å². The van der Waals surface area contributed by atoms with Gasteiger partial charge in [-0.1, -0.05) is 19.9 Å². The molecule has 0 radical (unpaired) electrons. The van der Waals surface area contributed by atoms with Gasteiger partial charge in [0.2, 0.25) is 15.9 Å². The second-order valence-corrected chi connectivity index (χ2v) is 6.81. The minimum absolute atomic E-state index is 0.0455. The van der Waals surface area contributed by atoms with E-state index < -0.39 is 16.1 Å². The average Bonchev–Trinajstić information content (AvgIpc) is 2.29. The molecule has 20 heavy (non-hydrogen) atoms. The van der Waals surface area contributed by atoms with E-state index in [4.69, 9.17) is 10.9 Å². The van der Waals surface area contributed by atoms with Crippen LogP contribution in [-0.4, -0.2) is 20.4 Å². The normalized spacial score (nSPS) is 13.3. The van der Waals surface area contributed by atoms with Gasteiger partial charge in [-0.05, 0) is 37.0 Å². The van der Waals surface area contributed by atoms with E-state index in [2.05, 4.69) is 5.32 Å². The lowest BCUT2D eigenvalue weighted by atomic mass is 10.0. The van der Waals surface area contributed by atoms with E-state index in [0.29, 0.717) is 18.0 Å². The van der Waals surface area contributed by atoms with E-state index in [1.807, 2.05) is 13.8 Å². The topological polar surface area (TPSA) is 115 Å². The van der Waals surface area contributed by atoms with Gasteiger partial charge >= 0.3 is 0 Å². The minimum atomic E-state index is -3.80. The van der Waals surface area contributed by atoms with Gasteiger partial charge in [-0.2, -0.15) is 0 Å². The smallest absolute Gasteiger partial charge is 0.241 e. The van der Waals surface area contributed by atoms with Crippen LogP contribution in [0.2, 0.25) is 0 Å². The molecule has 1 aromatic rings. The van der Waals surface area contributed by atoms with Crippen molar-refractivity contribution in [1.29, 1.82) is 0 Å². The summed E-state index contributed by atoms with van der Waals surface area (Å²) in [7, 11) is -3.80. The van der Waals surface area contributed by atoms with Crippen molar-refractivity contribution in [3.05, 3.63) is 23.8 Å². The molecule has 0 saturated heterocycles. The molecular weight excluding hydrogens is 278 g/mol. The molecule has 0 unspecified atom stereocenters. The van der Waals surface area contributed by atoms with Crippen LogP contribution in [0, 0.1) is 12.8 Å². The molecule has 0 aliphatic heterocycles. The van der Waals surface area contributed by atoms with Crippen LogP contribution in [0.1, 0.15) is 25.8 Å². The Morgan fingerprint density at radius 1 is 1.35 bits per heavy atom. The number of nitrogens with one attached hydrogen (secondary N) is 1. The first kappa shape index (κ1) is 16.6. The number of benzene rings is 1. The van der Waals surface area contributed by atoms with Crippen molar-refractivity contribution in [3.8, 4) is 0 Å². The molecule has 0 spiro atoms. The standard InChI is InChI=1S/C13H21N3O3S/c1-8(2)6-11(14)13(17)16-12-7-10(20(15,18)19)5-4-9(12)3/h4-5,7-8,11H,6,14H2,1-3H3,(H,16,17)(H2,15,18,19)/t11-/m0/s1. The Bertz CT molecular complexity index is 597. The van der Waals surface area contributed by atoms with E-state index in [9.17, 15) is 13.2 Å². The van der Waals surface area contributed by atoms with Crippen molar-refractivity contribution >= 4 is 21.6 Å². The number of aryl methyl sites for hydroxylation is 1. The molecule has 0 aromatic heterocycles.